The first-order chi connectivity index (χ1) is 11.6. The molecule has 2 aromatic rings. The molecule has 0 spiro atoms. The molecule has 0 aliphatic carbocycles. The van der Waals surface area contributed by atoms with E-state index < -0.39 is 0 Å². The smallest absolute Gasteiger partial charge is 0.307 e. The summed E-state index contributed by atoms with van der Waals surface area (Å²) in [6.07, 6.45) is 1.08. The van der Waals surface area contributed by atoms with Crippen LogP contribution in [0, 0.1) is 0 Å². The third-order valence-electron chi connectivity index (χ3n) is 3.60. The number of aryl methyl sites for hydroxylation is 1. The summed E-state index contributed by atoms with van der Waals surface area (Å²) < 4.78 is 9.90. The van der Waals surface area contributed by atoms with Crippen molar-refractivity contribution in [3.8, 4) is 5.75 Å². The lowest BCUT2D eigenvalue weighted by atomic mass is 10.1. The minimum absolute atomic E-state index is 0.0971. The maximum Gasteiger partial charge on any atom is 0.307 e. The van der Waals surface area contributed by atoms with Crippen LogP contribution >= 0.6 is 11.3 Å². The fraction of sp³-hybridized carbons (Fsp3) is 0.333. The van der Waals surface area contributed by atoms with Crippen LogP contribution in [0.15, 0.2) is 41.8 Å². The van der Waals surface area contributed by atoms with Gasteiger partial charge in [-0.25, -0.2) is 0 Å². The van der Waals surface area contributed by atoms with E-state index in [1.807, 2.05) is 41.8 Å². The fourth-order valence-electron chi connectivity index (χ4n) is 2.31. The van der Waals surface area contributed by atoms with E-state index >= 15 is 0 Å². The Kier molecular flexibility index (Phi) is 6.81. The van der Waals surface area contributed by atoms with Gasteiger partial charge in [-0.2, -0.15) is 0 Å². The average molecular weight is 347 g/mol. The van der Waals surface area contributed by atoms with Crippen LogP contribution in [-0.2, 0) is 20.7 Å². The zero-order chi connectivity index (χ0) is 17.4. The molecule has 6 heteroatoms. The molecule has 0 aliphatic rings. The minimum atomic E-state index is -0.352. The molecule has 2 rings (SSSR count). The molecule has 0 fully saturated rings. The second-order valence-electron chi connectivity index (χ2n) is 5.27. The Bertz CT molecular complexity index is 669. The minimum Gasteiger partial charge on any atom is -0.497 e. The number of benzene rings is 1. The number of hydrogen-bond acceptors (Lipinski definition) is 5. The molecule has 24 heavy (non-hydrogen) atoms. The molecule has 1 heterocycles. The van der Waals surface area contributed by atoms with Crippen molar-refractivity contribution >= 4 is 23.2 Å². The molecule has 1 N–H and O–H groups in total. The van der Waals surface area contributed by atoms with Gasteiger partial charge in [0.05, 0.1) is 26.7 Å². The first-order valence-corrected chi connectivity index (χ1v) is 8.53. The molecule has 0 bridgehead atoms. The van der Waals surface area contributed by atoms with Crippen molar-refractivity contribution in [1.29, 1.82) is 0 Å². The Morgan fingerprint density at radius 2 is 2.04 bits per heavy atom. The molecule has 1 aromatic carbocycles. The number of thiophene rings is 1. The number of amides is 1. The van der Waals surface area contributed by atoms with Gasteiger partial charge >= 0.3 is 5.97 Å². The Balaban J connectivity index is 1.93. The molecule has 1 unspecified atom stereocenters. The van der Waals surface area contributed by atoms with Gasteiger partial charge in [0, 0.05) is 11.3 Å². The summed E-state index contributed by atoms with van der Waals surface area (Å²) in [5, 5.41) is 4.84. The zero-order valence-corrected chi connectivity index (χ0v) is 14.6. The molecule has 1 atom stereocenters. The summed E-state index contributed by atoms with van der Waals surface area (Å²) in [5.74, 6) is 0.330. The number of hydrogen-bond donors (Lipinski definition) is 1. The van der Waals surface area contributed by atoms with Crippen LogP contribution in [0.2, 0.25) is 0 Å². The van der Waals surface area contributed by atoms with Gasteiger partial charge < -0.3 is 14.8 Å². The predicted molar refractivity (Wildman–Crippen MR) is 93.2 cm³/mol. The van der Waals surface area contributed by atoms with E-state index in [1.54, 1.807) is 7.11 Å². The molecule has 0 aliphatic heterocycles. The van der Waals surface area contributed by atoms with Gasteiger partial charge in [-0.3, -0.25) is 9.59 Å². The molecule has 1 amide bonds. The Hall–Kier alpha value is -2.34. The number of carbonyl (C=O) groups is 2. The summed E-state index contributed by atoms with van der Waals surface area (Å²) in [6.45, 7) is 0. The quantitative estimate of drug-likeness (QED) is 0.745. The number of methoxy groups -OCH3 is 2. The first-order valence-electron chi connectivity index (χ1n) is 7.65. The Morgan fingerprint density at radius 1 is 1.21 bits per heavy atom. The lowest BCUT2D eigenvalue weighted by Crippen LogP contribution is -2.30. The highest BCUT2D eigenvalue weighted by Gasteiger charge is 2.19. The standard InChI is InChI=1S/C18H21NO4S/c1-22-14-6-3-5-13(11-14)8-9-17(20)19-15(12-18(21)23-2)16-7-4-10-24-16/h3-7,10-11,15H,8-9,12H2,1-2H3,(H,19,20). The summed E-state index contributed by atoms with van der Waals surface area (Å²) in [7, 11) is 2.96. The van der Waals surface area contributed by atoms with Crippen molar-refractivity contribution in [3.05, 3.63) is 52.2 Å². The van der Waals surface area contributed by atoms with E-state index in [9.17, 15) is 9.59 Å². The van der Waals surface area contributed by atoms with Gasteiger partial charge in [-0.05, 0) is 35.6 Å². The molecular weight excluding hydrogens is 326 g/mol. The molecule has 1 aromatic heterocycles. The maximum atomic E-state index is 12.3. The summed E-state index contributed by atoms with van der Waals surface area (Å²) in [4.78, 5) is 24.8. The van der Waals surface area contributed by atoms with Crippen LogP contribution in [0.3, 0.4) is 0 Å². The normalized spacial score (nSPS) is 11.6. The summed E-state index contributed by atoms with van der Waals surface area (Å²) >= 11 is 1.51. The van der Waals surface area contributed by atoms with Crippen molar-refractivity contribution in [2.75, 3.05) is 14.2 Å². The monoisotopic (exact) mass is 347 g/mol. The average Bonchev–Trinajstić information content (AvgIpc) is 3.14. The van der Waals surface area contributed by atoms with Gasteiger partial charge in [-0.15, -0.1) is 11.3 Å². The Morgan fingerprint density at radius 3 is 2.71 bits per heavy atom. The summed E-state index contributed by atoms with van der Waals surface area (Å²) in [5.41, 5.74) is 1.03. The largest absolute Gasteiger partial charge is 0.497 e. The SMILES string of the molecule is COC(=O)CC(NC(=O)CCc1cccc(OC)c1)c1cccs1. The molecule has 5 nitrogen and oxygen atoms in total. The van der Waals surface area contributed by atoms with E-state index in [1.165, 1.54) is 18.4 Å². The predicted octanol–water partition coefficient (Wildman–Crippen LogP) is 3.11. The number of esters is 1. The van der Waals surface area contributed by atoms with Crippen LogP contribution in [0.4, 0.5) is 0 Å². The number of rotatable bonds is 8. The van der Waals surface area contributed by atoms with Gasteiger partial charge in [-0.1, -0.05) is 18.2 Å². The molecule has 0 radical (unpaired) electrons. The molecule has 0 saturated carbocycles. The van der Waals surface area contributed by atoms with E-state index in [-0.39, 0.29) is 24.3 Å². The molecular formula is C18H21NO4S. The van der Waals surface area contributed by atoms with Crippen molar-refractivity contribution in [1.82, 2.24) is 5.32 Å². The number of nitrogens with one attached hydrogen (secondary N) is 1. The summed E-state index contributed by atoms with van der Waals surface area (Å²) in [6, 6.07) is 11.1. The second kappa shape index (κ2) is 9.08. The lowest BCUT2D eigenvalue weighted by Gasteiger charge is -2.16. The first kappa shape index (κ1) is 18.0. The van der Waals surface area contributed by atoms with Crippen molar-refractivity contribution < 1.29 is 19.1 Å². The fourth-order valence-corrected chi connectivity index (χ4v) is 3.09. The third-order valence-corrected chi connectivity index (χ3v) is 4.58. The van der Waals surface area contributed by atoms with Crippen molar-refractivity contribution in [2.24, 2.45) is 0 Å². The van der Waals surface area contributed by atoms with Gasteiger partial charge in [0.1, 0.15) is 5.75 Å². The zero-order valence-electron chi connectivity index (χ0n) is 13.8. The molecule has 0 saturated heterocycles. The maximum absolute atomic E-state index is 12.3. The highest BCUT2D eigenvalue weighted by atomic mass is 32.1. The number of ether oxygens (including phenoxy) is 2. The lowest BCUT2D eigenvalue weighted by molar-refractivity contribution is -0.141. The van der Waals surface area contributed by atoms with E-state index in [0.717, 1.165) is 16.2 Å². The van der Waals surface area contributed by atoms with Crippen molar-refractivity contribution in [3.63, 3.8) is 0 Å². The van der Waals surface area contributed by atoms with Crippen LogP contribution in [0.25, 0.3) is 0 Å². The van der Waals surface area contributed by atoms with E-state index in [4.69, 9.17) is 9.47 Å². The highest BCUT2D eigenvalue weighted by molar-refractivity contribution is 7.10. The topological polar surface area (TPSA) is 64.6 Å². The molecule has 128 valence electrons. The highest BCUT2D eigenvalue weighted by Crippen LogP contribution is 2.23. The van der Waals surface area contributed by atoms with Crippen LogP contribution in [0.5, 0.6) is 5.75 Å². The van der Waals surface area contributed by atoms with Crippen LogP contribution in [-0.4, -0.2) is 26.1 Å². The van der Waals surface area contributed by atoms with E-state index in [0.29, 0.717) is 12.8 Å². The van der Waals surface area contributed by atoms with Crippen LogP contribution < -0.4 is 10.1 Å². The van der Waals surface area contributed by atoms with Gasteiger partial charge in [0.25, 0.3) is 0 Å². The third kappa shape index (κ3) is 5.38. The number of carbonyl (C=O) groups excluding carboxylic acids is 2. The second-order valence-corrected chi connectivity index (χ2v) is 6.25. The van der Waals surface area contributed by atoms with Crippen LogP contribution in [0.1, 0.15) is 29.3 Å². The van der Waals surface area contributed by atoms with Crippen molar-refractivity contribution in [2.45, 2.75) is 25.3 Å². The Labute approximate surface area is 145 Å². The van der Waals surface area contributed by atoms with E-state index in [2.05, 4.69) is 5.32 Å². The van der Waals surface area contributed by atoms with Gasteiger partial charge in [0.2, 0.25) is 5.91 Å². The van der Waals surface area contributed by atoms with Gasteiger partial charge in [0.15, 0.2) is 0 Å².